The van der Waals surface area contributed by atoms with Crippen molar-refractivity contribution in [3.63, 3.8) is 0 Å². The minimum atomic E-state index is -0.616. The monoisotopic (exact) mass is 209 g/mol. The van der Waals surface area contributed by atoms with Gasteiger partial charge in [-0.2, -0.15) is 0 Å². The van der Waals surface area contributed by atoms with Gasteiger partial charge >= 0.3 is 0 Å². The van der Waals surface area contributed by atoms with E-state index in [4.69, 9.17) is 0 Å². The Balaban J connectivity index is 2.51. The Labute approximate surface area is 89.9 Å². The number of hydrogen-bond acceptors (Lipinski definition) is 2. The Hall–Kier alpha value is -0.870. The Morgan fingerprint density at radius 3 is 2.33 bits per heavy atom. The lowest BCUT2D eigenvalue weighted by atomic mass is 9.89. The van der Waals surface area contributed by atoms with E-state index in [0.29, 0.717) is 12.8 Å². The maximum atomic E-state index is 12.1. The molecule has 0 atom stereocenters. The number of rotatable bonds is 0. The highest BCUT2D eigenvalue weighted by atomic mass is 16.5. The van der Waals surface area contributed by atoms with Gasteiger partial charge in [-0.25, -0.2) is 0 Å². The normalized spacial score (nSPS) is 29.0. The summed E-state index contributed by atoms with van der Waals surface area (Å²) in [5, 5.41) is 16.1. The van der Waals surface area contributed by atoms with E-state index in [-0.39, 0.29) is 5.91 Å². The molecule has 83 valence electrons. The van der Waals surface area contributed by atoms with E-state index in [1.165, 1.54) is 0 Å². The average Bonchev–Trinajstić information content (AvgIpc) is 2.26. The first kappa shape index (κ1) is 10.6. The summed E-state index contributed by atoms with van der Waals surface area (Å²) >= 11 is 0. The minimum Gasteiger partial charge on any atom is -0.328 e. The molecule has 4 nitrogen and oxygen atoms in total. The van der Waals surface area contributed by atoms with Crippen molar-refractivity contribution in [2.45, 2.75) is 51.6 Å². The summed E-state index contributed by atoms with van der Waals surface area (Å²) < 4.78 is 0. The van der Waals surface area contributed by atoms with E-state index in [1.54, 1.807) is 0 Å². The van der Waals surface area contributed by atoms with Gasteiger partial charge in [0.1, 0.15) is 0 Å². The molecule has 1 radical (unpaired) electrons. The molecule has 0 aromatic carbocycles. The zero-order chi connectivity index (χ0) is 11.4. The lowest BCUT2D eigenvalue weighted by molar-refractivity contribution is -0.240. The fraction of sp³-hybridized carbons (Fsp3) is 0.727. The summed E-state index contributed by atoms with van der Waals surface area (Å²) in [5.74, 6) is 0.0212. The lowest BCUT2D eigenvalue weighted by Crippen LogP contribution is -2.48. The molecule has 0 aromatic rings. The highest BCUT2D eigenvalue weighted by Crippen LogP contribution is 2.45. The van der Waals surface area contributed by atoms with Crippen molar-refractivity contribution in [3.8, 4) is 0 Å². The Bertz CT molecular complexity index is 356. The van der Waals surface area contributed by atoms with Gasteiger partial charge in [0, 0.05) is 12.1 Å². The van der Waals surface area contributed by atoms with Crippen LogP contribution in [0.15, 0.2) is 11.3 Å². The second-order valence-corrected chi connectivity index (χ2v) is 5.31. The number of carbonyl (C=O) groups is 1. The zero-order valence-corrected chi connectivity index (χ0v) is 9.68. The molecule has 0 aliphatic carbocycles. The average molecular weight is 209 g/mol. The third-order valence-electron chi connectivity index (χ3n) is 3.53. The molecular formula is C11H17N2O2. The van der Waals surface area contributed by atoms with E-state index in [1.807, 2.05) is 27.7 Å². The molecule has 0 saturated heterocycles. The molecule has 0 aromatic heterocycles. The van der Waals surface area contributed by atoms with Crippen LogP contribution in [0.25, 0.3) is 0 Å². The molecular weight excluding hydrogens is 192 g/mol. The lowest BCUT2D eigenvalue weighted by Gasteiger charge is -2.33. The van der Waals surface area contributed by atoms with Crippen LogP contribution in [0.4, 0.5) is 0 Å². The fourth-order valence-electron chi connectivity index (χ4n) is 2.70. The number of nitrogens with zero attached hydrogens (tertiary/aromatic N) is 1. The first-order valence-corrected chi connectivity index (χ1v) is 5.29. The summed E-state index contributed by atoms with van der Waals surface area (Å²) in [6.45, 7) is 7.55. The predicted molar refractivity (Wildman–Crippen MR) is 55.1 cm³/mol. The smallest absolute Gasteiger partial charge is 0.224 e. The molecule has 2 heterocycles. The van der Waals surface area contributed by atoms with Crippen molar-refractivity contribution >= 4 is 5.91 Å². The van der Waals surface area contributed by atoms with E-state index in [2.05, 4.69) is 5.32 Å². The van der Waals surface area contributed by atoms with Crippen LogP contribution in [0.1, 0.15) is 40.5 Å². The molecule has 2 aliphatic rings. The van der Waals surface area contributed by atoms with Crippen molar-refractivity contribution in [1.29, 1.82) is 0 Å². The van der Waals surface area contributed by atoms with Crippen molar-refractivity contribution in [1.82, 2.24) is 10.4 Å². The largest absolute Gasteiger partial charge is 0.328 e. The molecule has 4 heteroatoms. The Kier molecular flexibility index (Phi) is 2.01. The van der Waals surface area contributed by atoms with Gasteiger partial charge < -0.3 is 5.32 Å². The van der Waals surface area contributed by atoms with Crippen LogP contribution in [-0.2, 0) is 10.0 Å². The van der Waals surface area contributed by atoms with Crippen LogP contribution in [-0.4, -0.2) is 22.0 Å². The number of hydrogen-bond donors (Lipinski definition) is 1. The van der Waals surface area contributed by atoms with Crippen molar-refractivity contribution in [2.24, 2.45) is 0 Å². The third kappa shape index (κ3) is 1.25. The molecule has 0 unspecified atom stereocenters. The second-order valence-electron chi connectivity index (χ2n) is 5.31. The molecule has 0 saturated carbocycles. The third-order valence-corrected chi connectivity index (χ3v) is 3.53. The van der Waals surface area contributed by atoms with Crippen LogP contribution >= 0.6 is 0 Å². The summed E-state index contributed by atoms with van der Waals surface area (Å²) in [4.78, 5) is 11.3. The van der Waals surface area contributed by atoms with Gasteiger partial charge in [0.25, 0.3) is 0 Å². The standard InChI is InChI=1S/C11H17N2O2/c1-10(2)7-5-6-8(14)12-9(7)11(3,4)13(10)15/h5-6H2,1-4H3,(H,12,14). The van der Waals surface area contributed by atoms with Crippen molar-refractivity contribution < 1.29 is 10.0 Å². The second kappa shape index (κ2) is 2.83. The molecule has 0 bridgehead atoms. The molecule has 2 aliphatic heterocycles. The number of hydroxylamine groups is 2. The summed E-state index contributed by atoms with van der Waals surface area (Å²) in [5.41, 5.74) is 0.794. The highest BCUT2D eigenvalue weighted by molar-refractivity contribution is 5.81. The number of amides is 1. The van der Waals surface area contributed by atoms with E-state index in [0.717, 1.165) is 16.3 Å². The Morgan fingerprint density at radius 1 is 1.13 bits per heavy atom. The molecule has 0 spiro atoms. The first-order chi connectivity index (χ1) is 6.78. The van der Waals surface area contributed by atoms with Gasteiger partial charge in [0.15, 0.2) is 0 Å². The van der Waals surface area contributed by atoms with E-state index >= 15 is 0 Å². The van der Waals surface area contributed by atoms with Crippen LogP contribution in [0.5, 0.6) is 0 Å². The maximum absolute atomic E-state index is 12.1. The van der Waals surface area contributed by atoms with Gasteiger partial charge in [-0.15, -0.1) is 10.3 Å². The number of carbonyl (C=O) groups excluding carboxylic acids is 1. The van der Waals surface area contributed by atoms with Gasteiger partial charge in [-0.05, 0) is 39.7 Å². The number of nitrogens with one attached hydrogen (secondary N) is 1. The van der Waals surface area contributed by atoms with Crippen molar-refractivity contribution in [3.05, 3.63) is 11.3 Å². The molecule has 0 fully saturated rings. The van der Waals surface area contributed by atoms with Gasteiger partial charge in [0.2, 0.25) is 5.91 Å². The van der Waals surface area contributed by atoms with Gasteiger partial charge in [0.05, 0.1) is 11.1 Å². The maximum Gasteiger partial charge on any atom is 0.224 e. The zero-order valence-electron chi connectivity index (χ0n) is 9.68. The van der Waals surface area contributed by atoms with E-state index in [9.17, 15) is 10.0 Å². The summed E-state index contributed by atoms with van der Waals surface area (Å²) in [7, 11) is 0. The van der Waals surface area contributed by atoms with Crippen LogP contribution < -0.4 is 5.32 Å². The Morgan fingerprint density at radius 2 is 1.73 bits per heavy atom. The quantitative estimate of drug-likeness (QED) is 0.655. The summed E-state index contributed by atoms with van der Waals surface area (Å²) in [6.07, 6.45) is 1.20. The molecule has 15 heavy (non-hydrogen) atoms. The highest BCUT2D eigenvalue weighted by Gasteiger charge is 2.53. The first-order valence-electron chi connectivity index (χ1n) is 5.29. The fourth-order valence-corrected chi connectivity index (χ4v) is 2.70. The molecule has 1 amide bonds. The van der Waals surface area contributed by atoms with Crippen LogP contribution in [0, 0.1) is 0 Å². The van der Waals surface area contributed by atoms with Gasteiger partial charge in [-0.3, -0.25) is 4.79 Å². The molecule has 2 rings (SSSR count). The predicted octanol–water partition coefficient (Wildman–Crippen LogP) is 1.37. The summed E-state index contributed by atoms with van der Waals surface area (Å²) in [6, 6.07) is 0. The van der Waals surface area contributed by atoms with Crippen molar-refractivity contribution in [2.75, 3.05) is 0 Å². The SMILES string of the molecule is CC1(C)C2=C(NC(=O)CC2)C(C)(C)N1[O]. The topological polar surface area (TPSA) is 52.2 Å². The minimum absolute atomic E-state index is 0.0212. The van der Waals surface area contributed by atoms with E-state index < -0.39 is 11.1 Å². The van der Waals surface area contributed by atoms with Crippen LogP contribution in [0.2, 0.25) is 0 Å². The van der Waals surface area contributed by atoms with Crippen LogP contribution in [0.3, 0.4) is 0 Å². The van der Waals surface area contributed by atoms with Gasteiger partial charge in [-0.1, -0.05) is 0 Å². The molecule has 1 N–H and O–H groups in total.